The first-order valence-corrected chi connectivity index (χ1v) is 10.4. The van der Waals surface area contributed by atoms with Crippen LogP contribution in [0.4, 0.5) is 27.6 Å². The highest BCUT2D eigenvalue weighted by Crippen LogP contribution is 2.30. The van der Waals surface area contributed by atoms with Crippen LogP contribution in [0.1, 0.15) is 0 Å². The normalized spacial score (nSPS) is 10.9. The minimum atomic E-state index is -1.70. The molecule has 0 radical (unpaired) electrons. The molecule has 33 heavy (non-hydrogen) atoms. The lowest BCUT2D eigenvalue weighted by Gasteiger charge is -2.11. The third-order valence-corrected chi connectivity index (χ3v) is 5.40. The second-order valence-corrected chi connectivity index (χ2v) is 7.60. The van der Waals surface area contributed by atoms with Crippen LogP contribution >= 0.6 is 11.8 Å². The van der Waals surface area contributed by atoms with E-state index in [0.29, 0.717) is 11.8 Å². The summed E-state index contributed by atoms with van der Waals surface area (Å²) in [7, 11) is 0. The fraction of sp³-hybridized carbons (Fsp3) is 0.0455. The second-order valence-electron chi connectivity index (χ2n) is 6.66. The quantitative estimate of drug-likeness (QED) is 0.231. The Balaban J connectivity index is 1.61. The first-order chi connectivity index (χ1) is 15.8. The summed E-state index contributed by atoms with van der Waals surface area (Å²) in [6.45, 7) is 0. The number of hydrogen-bond acceptors (Lipinski definition) is 4. The lowest BCUT2D eigenvalue weighted by atomic mass is 10.2. The lowest BCUT2D eigenvalue weighted by molar-refractivity contribution is -0.113. The van der Waals surface area contributed by atoms with E-state index >= 15 is 0 Å². The Labute approximate surface area is 188 Å². The van der Waals surface area contributed by atoms with Gasteiger partial charge in [-0.1, -0.05) is 23.9 Å². The molecule has 168 valence electrons. The Bertz CT molecular complexity index is 1330. The van der Waals surface area contributed by atoms with Crippen LogP contribution in [-0.4, -0.2) is 26.4 Å². The first-order valence-electron chi connectivity index (χ1n) is 9.37. The molecule has 0 spiro atoms. The molecular weight excluding hydrogens is 463 g/mol. The number of carbonyl (C=O) groups is 1. The Hall–Kier alpha value is -3.73. The topological polar surface area (TPSA) is 59.8 Å². The highest BCUT2D eigenvalue weighted by molar-refractivity contribution is 7.99. The minimum absolute atomic E-state index is 0.120. The van der Waals surface area contributed by atoms with Gasteiger partial charge in [0.1, 0.15) is 11.6 Å². The number of rotatable bonds is 6. The third-order valence-electron chi connectivity index (χ3n) is 4.47. The van der Waals surface area contributed by atoms with Gasteiger partial charge in [-0.3, -0.25) is 9.36 Å². The van der Waals surface area contributed by atoms with E-state index in [1.807, 2.05) is 0 Å². The van der Waals surface area contributed by atoms with E-state index in [4.69, 9.17) is 0 Å². The number of anilines is 1. The van der Waals surface area contributed by atoms with Crippen LogP contribution in [-0.2, 0) is 4.79 Å². The van der Waals surface area contributed by atoms with Crippen LogP contribution in [0.25, 0.3) is 17.1 Å². The Morgan fingerprint density at radius 2 is 1.58 bits per heavy atom. The number of carbonyl (C=O) groups excluding carboxylic acids is 1. The molecule has 0 atom stereocenters. The van der Waals surface area contributed by atoms with Gasteiger partial charge in [-0.25, -0.2) is 22.0 Å². The molecule has 4 rings (SSSR count). The van der Waals surface area contributed by atoms with Crippen LogP contribution < -0.4 is 5.32 Å². The van der Waals surface area contributed by atoms with Gasteiger partial charge in [0.2, 0.25) is 5.91 Å². The summed E-state index contributed by atoms with van der Waals surface area (Å²) in [4.78, 5) is 12.3. The molecule has 0 fully saturated rings. The summed E-state index contributed by atoms with van der Waals surface area (Å²) in [6, 6.07) is 12.7. The van der Waals surface area contributed by atoms with Crippen molar-refractivity contribution in [1.29, 1.82) is 0 Å². The molecule has 11 heteroatoms. The molecule has 0 aliphatic rings. The van der Waals surface area contributed by atoms with E-state index in [1.165, 1.54) is 47.0 Å². The zero-order valence-corrected chi connectivity index (χ0v) is 17.3. The molecule has 1 aromatic heterocycles. The number of thioether (sulfide) groups is 1. The van der Waals surface area contributed by atoms with Gasteiger partial charge < -0.3 is 5.32 Å². The van der Waals surface area contributed by atoms with Crippen LogP contribution in [0.3, 0.4) is 0 Å². The highest BCUT2D eigenvalue weighted by atomic mass is 32.2. The molecule has 4 aromatic rings. The molecule has 1 N–H and O–H groups in total. The summed E-state index contributed by atoms with van der Waals surface area (Å²) in [5.41, 5.74) is 0.0234. The van der Waals surface area contributed by atoms with Crippen molar-refractivity contribution in [2.24, 2.45) is 0 Å². The average molecular weight is 476 g/mol. The molecule has 0 saturated heterocycles. The SMILES string of the molecule is O=C(CSc1nnc(-c2ccccc2F)n1-c1ccc(F)cc1)Nc1ccc(F)c(F)c1F. The van der Waals surface area contributed by atoms with Gasteiger partial charge >= 0.3 is 0 Å². The summed E-state index contributed by atoms with van der Waals surface area (Å²) in [5.74, 6) is -6.57. The van der Waals surface area contributed by atoms with Crippen LogP contribution in [0.15, 0.2) is 65.8 Å². The molecule has 0 bridgehead atoms. The maximum absolute atomic E-state index is 14.4. The van der Waals surface area contributed by atoms with E-state index in [9.17, 15) is 26.7 Å². The summed E-state index contributed by atoms with van der Waals surface area (Å²) in [5, 5.41) is 10.3. The Kier molecular flexibility index (Phi) is 6.40. The van der Waals surface area contributed by atoms with Crippen LogP contribution in [0.5, 0.6) is 0 Å². The molecule has 0 aliphatic heterocycles. The maximum Gasteiger partial charge on any atom is 0.234 e. The zero-order valence-electron chi connectivity index (χ0n) is 16.5. The van der Waals surface area contributed by atoms with Gasteiger partial charge in [0.15, 0.2) is 28.4 Å². The van der Waals surface area contributed by atoms with Crippen molar-refractivity contribution in [3.8, 4) is 17.1 Å². The van der Waals surface area contributed by atoms with Crippen molar-refractivity contribution in [3.05, 3.63) is 89.7 Å². The van der Waals surface area contributed by atoms with E-state index in [2.05, 4.69) is 15.5 Å². The molecule has 3 aromatic carbocycles. The van der Waals surface area contributed by atoms with Gasteiger partial charge in [-0.2, -0.15) is 0 Å². The number of nitrogens with one attached hydrogen (secondary N) is 1. The fourth-order valence-corrected chi connectivity index (χ4v) is 3.69. The molecule has 0 unspecified atom stereocenters. The van der Waals surface area contributed by atoms with E-state index in [0.717, 1.165) is 17.8 Å². The van der Waals surface area contributed by atoms with E-state index in [1.54, 1.807) is 6.07 Å². The second kappa shape index (κ2) is 9.41. The number of aromatic nitrogens is 3. The summed E-state index contributed by atoms with van der Waals surface area (Å²) < 4.78 is 69.5. The molecule has 0 saturated carbocycles. The Morgan fingerprint density at radius 3 is 2.30 bits per heavy atom. The van der Waals surface area contributed by atoms with Gasteiger partial charge in [0.25, 0.3) is 0 Å². The standard InChI is InChI=1S/C22H13F5N4OS/c23-12-5-7-13(8-6-12)31-21(14-3-1-2-4-15(14)24)29-30-22(31)33-11-18(32)28-17-10-9-16(25)19(26)20(17)27/h1-10H,11H2,(H,28,32). The Morgan fingerprint density at radius 1 is 0.848 bits per heavy atom. The first kappa shape index (κ1) is 22.5. The van der Waals surface area contributed by atoms with Crippen molar-refractivity contribution in [2.45, 2.75) is 5.16 Å². The van der Waals surface area contributed by atoms with Gasteiger partial charge in [0.05, 0.1) is 17.0 Å². The summed E-state index contributed by atoms with van der Waals surface area (Å²) >= 11 is 0.879. The monoisotopic (exact) mass is 476 g/mol. The number of amides is 1. The van der Waals surface area contributed by atoms with Crippen LogP contribution in [0, 0.1) is 29.1 Å². The lowest BCUT2D eigenvalue weighted by Crippen LogP contribution is -2.16. The smallest absolute Gasteiger partial charge is 0.234 e. The summed E-state index contributed by atoms with van der Waals surface area (Å²) in [6.07, 6.45) is 0. The largest absolute Gasteiger partial charge is 0.323 e. The maximum atomic E-state index is 14.4. The fourth-order valence-electron chi connectivity index (χ4n) is 2.94. The average Bonchev–Trinajstić information content (AvgIpc) is 3.22. The molecule has 0 aliphatic carbocycles. The number of nitrogens with zero attached hydrogens (tertiary/aromatic N) is 3. The molecular formula is C22H13F5N4OS. The van der Waals surface area contributed by atoms with Crippen molar-refractivity contribution in [3.63, 3.8) is 0 Å². The van der Waals surface area contributed by atoms with Crippen molar-refractivity contribution in [1.82, 2.24) is 14.8 Å². The van der Waals surface area contributed by atoms with Crippen molar-refractivity contribution < 1.29 is 26.7 Å². The van der Waals surface area contributed by atoms with Crippen LogP contribution in [0.2, 0.25) is 0 Å². The number of halogens is 5. The van der Waals surface area contributed by atoms with Crippen molar-refractivity contribution in [2.75, 3.05) is 11.1 Å². The predicted octanol–water partition coefficient (Wildman–Crippen LogP) is 5.36. The number of benzene rings is 3. The number of hydrogen-bond donors (Lipinski definition) is 1. The zero-order chi connectivity index (χ0) is 23.5. The molecule has 1 heterocycles. The highest BCUT2D eigenvalue weighted by Gasteiger charge is 2.20. The molecule has 1 amide bonds. The molecule has 5 nitrogen and oxygen atoms in total. The van der Waals surface area contributed by atoms with Gasteiger partial charge in [0, 0.05) is 5.69 Å². The minimum Gasteiger partial charge on any atom is -0.323 e. The van der Waals surface area contributed by atoms with E-state index in [-0.39, 0.29) is 22.3 Å². The van der Waals surface area contributed by atoms with E-state index < -0.39 is 40.7 Å². The van der Waals surface area contributed by atoms with Crippen molar-refractivity contribution >= 4 is 23.4 Å². The van der Waals surface area contributed by atoms with Gasteiger partial charge in [-0.05, 0) is 48.5 Å². The predicted molar refractivity (Wildman–Crippen MR) is 112 cm³/mol. The third kappa shape index (κ3) is 4.72. The van der Waals surface area contributed by atoms with Gasteiger partial charge in [-0.15, -0.1) is 10.2 Å².